The van der Waals surface area contributed by atoms with E-state index < -0.39 is 0 Å². The van der Waals surface area contributed by atoms with E-state index in [1.807, 2.05) is 37.4 Å². The van der Waals surface area contributed by atoms with Crippen LogP contribution in [0, 0.1) is 5.92 Å². The summed E-state index contributed by atoms with van der Waals surface area (Å²) >= 11 is 0. The van der Waals surface area contributed by atoms with Gasteiger partial charge in [0.15, 0.2) is 5.82 Å². The number of benzene rings is 1. The summed E-state index contributed by atoms with van der Waals surface area (Å²) in [6.07, 6.45) is 4.98. The van der Waals surface area contributed by atoms with E-state index in [0.717, 1.165) is 29.4 Å². The molecule has 3 aromatic rings. The summed E-state index contributed by atoms with van der Waals surface area (Å²) in [5.74, 6) is 1.56. The molecule has 0 bridgehead atoms. The Labute approximate surface area is 146 Å². The number of fused-ring (bicyclic) bond motifs is 1. The van der Waals surface area contributed by atoms with Gasteiger partial charge in [0.2, 0.25) is 5.91 Å². The van der Waals surface area contributed by atoms with Crippen molar-refractivity contribution >= 4 is 16.8 Å². The number of aromatic nitrogens is 3. The maximum Gasteiger partial charge on any atom is 0.274 e. The molecular formula is C19H22N4O2. The fourth-order valence-electron chi connectivity index (χ4n) is 3.52. The highest BCUT2D eigenvalue weighted by Crippen LogP contribution is 2.26. The van der Waals surface area contributed by atoms with Gasteiger partial charge >= 0.3 is 0 Å². The fourth-order valence-corrected chi connectivity index (χ4v) is 3.52. The van der Waals surface area contributed by atoms with Gasteiger partial charge < -0.3 is 14.4 Å². The Kier molecular flexibility index (Phi) is 4.26. The standard InChI is InChI=1S/C19H22N4O2/c1-23(19(24)13-6-2-3-7-13)11-10-17-21-18(25-22-17)16-12-14-8-4-5-9-15(14)20-16/h4-5,8-9,12-13,20H,2-3,6-7,10-11H2,1H3. The Morgan fingerprint density at radius 3 is 2.92 bits per heavy atom. The summed E-state index contributed by atoms with van der Waals surface area (Å²) in [5, 5.41) is 5.16. The summed E-state index contributed by atoms with van der Waals surface area (Å²) in [4.78, 5) is 21.9. The normalized spacial score (nSPS) is 15.1. The minimum absolute atomic E-state index is 0.206. The number of likely N-dealkylation sites (N-methyl/N-ethyl adjacent to an activating group) is 1. The fraction of sp³-hybridized carbons (Fsp3) is 0.421. The molecule has 1 fully saturated rings. The number of carbonyl (C=O) groups excluding carboxylic acids is 1. The molecule has 0 unspecified atom stereocenters. The smallest absolute Gasteiger partial charge is 0.274 e. The first kappa shape index (κ1) is 15.9. The number of amides is 1. The SMILES string of the molecule is CN(CCc1noc(-c2cc3ccccc3[nH]2)n1)C(=O)C1CCCC1. The van der Waals surface area contributed by atoms with E-state index in [4.69, 9.17) is 4.52 Å². The highest BCUT2D eigenvalue weighted by molar-refractivity contribution is 5.84. The van der Waals surface area contributed by atoms with Crippen LogP contribution < -0.4 is 0 Å². The van der Waals surface area contributed by atoms with Crippen LogP contribution in [0.25, 0.3) is 22.5 Å². The van der Waals surface area contributed by atoms with E-state index in [1.54, 1.807) is 4.90 Å². The number of rotatable bonds is 5. The highest BCUT2D eigenvalue weighted by atomic mass is 16.5. The number of hydrogen-bond acceptors (Lipinski definition) is 4. The zero-order valence-corrected chi connectivity index (χ0v) is 14.4. The van der Waals surface area contributed by atoms with Gasteiger partial charge in [0.25, 0.3) is 5.89 Å². The third-order valence-electron chi connectivity index (χ3n) is 4.98. The second-order valence-electron chi connectivity index (χ2n) is 6.78. The average Bonchev–Trinajstić information content (AvgIpc) is 3.38. The first-order chi connectivity index (χ1) is 12.2. The zero-order chi connectivity index (χ0) is 17.2. The Balaban J connectivity index is 1.40. The van der Waals surface area contributed by atoms with Gasteiger partial charge in [-0.3, -0.25) is 4.79 Å². The van der Waals surface area contributed by atoms with Gasteiger partial charge in [-0.1, -0.05) is 36.2 Å². The monoisotopic (exact) mass is 338 g/mol. The van der Waals surface area contributed by atoms with Crippen molar-refractivity contribution in [3.63, 3.8) is 0 Å². The van der Waals surface area contributed by atoms with Crippen LogP contribution in [0.4, 0.5) is 0 Å². The van der Waals surface area contributed by atoms with Crippen LogP contribution in [0.15, 0.2) is 34.9 Å². The molecule has 0 saturated heterocycles. The van der Waals surface area contributed by atoms with Crippen LogP contribution in [0.5, 0.6) is 0 Å². The van der Waals surface area contributed by atoms with E-state index in [0.29, 0.717) is 24.7 Å². The predicted octanol–water partition coefficient (Wildman–Crippen LogP) is 3.41. The predicted molar refractivity (Wildman–Crippen MR) is 94.9 cm³/mol. The molecule has 1 aliphatic carbocycles. The molecule has 2 heterocycles. The van der Waals surface area contributed by atoms with E-state index >= 15 is 0 Å². The maximum absolute atomic E-state index is 12.3. The quantitative estimate of drug-likeness (QED) is 0.773. The molecule has 6 heteroatoms. The summed E-state index contributed by atoms with van der Waals surface area (Å²) in [5.41, 5.74) is 1.86. The van der Waals surface area contributed by atoms with Gasteiger partial charge in [-0.25, -0.2) is 0 Å². The third-order valence-corrected chi connectivity index (χ3v) is 4.98. The van der Waals surface area contributed by atoms with Crippen molar-refractivity contribution in [3.8, 4) is 11.6 Å². The molecule has 1 N–H and O–H groups in total. The van der Waals surface area contributed by atoms with Crippen molar-refractivity contribution < 1.29 is 9.32 Å². The third kappa shape index (κ3) is 3.29. The molecule has 0 atom stereocenters. The second kappa shape index (κ2) is 6.70. The molecule has 2 aromatic heterocycles. The lowest BCUT2D eigenvalue weighted by Gasteiger charge is -2.20. The number of H-pyrrole nitrogens is 1. The van der Waals surface area contributed by atoms with Crippen LogP contribution in [0.3, 0.4) is 0 Å². The van der Waals surface area contributed by atoms with Crippen LogP contribution in [-0.4, -0.2) is 39.5 Å². The van der Waals surface area contributed by atoms with Crippen LogP contribution >= 0.6 is 0 Å². The lowest BCUT2D eigenvalue weighted by molar-refractivity contribution is -0.133. The van der Waals surface area contributed by atoms with Gasteiger partial charge in [0.1, 0.15) is 5.69 Å². The summed E-state index contributed by atoms with van der Waals surface area (Å²) < 4.78 is 5.38. The van der Waals surface area contributed by atoms with Crippen molar-refractivity contribution in [2.75, 3.05) is 13.6 Å². The minimum atomic E-state index is 0.206. The Morgan fingerprint density at radius 1 is 1.32 bits per heavy atom. The molecule has 0 radical (unpaired) electrons. The first-order valence-electron chi connectivity index (χ1n) is 8.86. The summed E-state index contributed by atoms with van der Waals surface area (Å²) in [7, 11) is 1.86. The van der Waals surface area contributed by atoms with Crippen LogP contribution in [0.2, 0.25) is 0 Å². The van der Waals surface area contributed by atoms with Crippen molar-refractivity contribution in [2.45, 2.75) is 32.1 Å². The Hall–Kier alpha value is -2.63. The average molecular weight is 338 g/mol. The topological polar surface area (TPSA) is 75.0 Å². The van der Waals surface area contributed by atoms with Gasteiger partial charge in [-0.15, -0.1) is 0 Å². The molecule has 0 spiro atoms. The van der Waals surface area contributed by atoms with Crippen molar-refractivity contribution in [3.05, 3.63) is 36.2 Å². The van der Waals surface area contributed by atoms with Crippen LogP contribution in [-0.2, 0) is 11.2 Å². The number of hydrogen-bond donors (Lipinski definition) is 1. The van der Waals surface area contributed by atoms with Gasteiger partial charge in [-0.05, 0) is 25.0 Å². The lowest BCUT2D eigenvalue weighted by Crippen LogP contribution is -2.33. The largest absolute Gasteiger partial charge is 0.351 e. The molecule has 1 aliphatic rings. The molecule has 25 heavy (non-hydrogen) atoms. The molecule has 130 valence electrons. The van der Waals surface area contributed by atoms with E-state index in [1.165, 1.54) is 12.8 Å². The zero-order valence-electron chi connectivity index (χ0n) is 14.4. The van der Waals surface area contributed by atoms with Crippen molar-refractivity contribution in [2.24, 2.45) is 5.92 Å². The molecule has 4 rings (SSSR count). The second-order valence-corrected chi connectivity index (χ2v) is 6.78. The van der Waals surface area contributed by atoms with E-state index in [9.17, 15) is 4.79 Å². The summed E-state index contributed by atoms with van der Waals surface area (Å²) in [6.45, 7) is 0.612. The maximum atomic E-state index is 12.3. The number of para-hydroxylation sites is 1. The van der Waals surface area contributed by atoms with E-state index in [2.05, 4.69) is 15.1 Å². The van der Waals surface area contributed by atoms with Crippen LogP contribution in [0.1, 0.15) is 31.5 Å². The highest BCUT2D eigenvalue weighted by Gasteiger charge is 2.25. The summed E-state index contributed by atoms with van der Waals surface area (Å²) in [6, 6.07) is 10.0. The molecule has 1 aromatic carbocycles. The number of nitrogens with zero attached hydrogens (tertiary/aromatic N) is 3. The number of carbonyl (C=O) groups is 1. The van der Waals surface area contributed by atoms with Crippen molar-refractivity contribution in [1.29, 1.82) is 0 Å². The number of aromatic amines is 1. The lowest BCUT2D eigenvalue weighted by atomic mass is 10.1. The minimum Gasteiger partial charge on any atom is -0.351 e. The van der Waals surface area contributed by atoms with Gasteiger partial charge in [0, 0.05) is 36.8 Å². The molecule has 1 amide bonds. The Bertz CT molecular complexity index is 843. The van der Waals surface area contributed by atoms with Gasteiger partial charge in [0.05, 0.1) is 0 Å². The molecule has 6 nitrogen and oxygen atoms in total. The van der Waals surface area contributed by atoms with Crippen molar-refractivity contribution in [1.82, 2.24) is 20.0 Å². The molecule has 1 saturated carbocycles. The van der Waals surface area contributed by atoms with Gasteiger partial charge in [-0.2, -0.15) is 4.98 Å². The Morgan fingerprint density at radius 2 is 2.12 bits per heavy atom. The number of nitrogens with one attached hydrogen (secondary N) is 1. The van der Waals surface area contributed by atoms with E-state index in [-0.39, 0.29) is 11.8 Å². The molecule has 0 aliphatic heterocycles. The molecular weight excluding hydrogens is 316 g/mol. The first-order valence-corrected chi connectivity index (χ1v) is 8.86.